The Morgan fingerprint density at radius 1 is 1.07 bits per heavy atom. The van der Waals surface area contributed by atoms with Crippen LogP contribution in [0.4, 0.5) is 4.39 Å². The molecule has 2 aromatic carbocycles. The van der Waals surface area contributed by atoms with E-state index in [1.54, 1.807) is 19.2 Å². The van der Waals surface area contributed by atoms with Crippen LogP contribution in [0.2, 0.25) is 0 Å². The van der Waals surface area contributed by atoms with Crippen LogP contribution in [0, 0.1) is 5.82 Å². The van der Waals surface area contributed by atoms with Gasteiger partial charge in [0.05, 0.1) is 0 Å². The first-order valence-electron chi connectivity index (χ1n) is 9.62. The maximum absolute atomic E-state index is 13.5. The van der Waals surface area contributed by atoms with Gasteiger partial charge in [-0.15, -0.1) is 0 Å². The van der Waals surface area contributed by atoms with Crippen molar-refractivity contribution in [3.05, 3.63) is 71.5 Å². The highest BCUT2D eigenvalue weighted by Gasteiger charge is 2.44. The predicted molar refractivity (Wildman–Crippen MR) is 110 cm³/mol. The van der Waals surface area contributed by atoms with Crippen LogP contribution in [0.25, 0.3) is 0 Å². The molecule has 148 valence electrons. The summed E-state index contributed by atoms with van der Waals surface area (Å²) in [5, 5.41) is 9.38. The Kier molecular flexibility index (Phi) is 6.63. The van der Waals surface area contributed by atoms with E-state index >= 15 is 0 Å². The standard InChI is InChI=1S/C22H27FN4O/c1-24-21(25-13-10-20(28)26-15-17-6-3-2-4-7-17)27-16-22(11-12-22)18-8-5-9-19(23)14-18/h2-9,14H,10-13,15-16H2,1H3,(H,26,28)(H2,24,25,27). The van der Waals surface area contributed by atoms with Crippen LogP contribution in [-0.4, -0.2) is 32.0 Å². The molecule has 5 nitrogen and oxygen atoms in total. The zero-order valence-electron chi connectivity index (χ0n) is 16.2. The summed E-state index contributed by atoms with van der Waals surface area (Å²) in [7, 11) is 1.70. The summed E-state index contributed by atoms with van der Waals surface area (Å²) in [5.74, 6) is 0.441. The first-order chi connectivity index (χ1) is 13.6. The number of hydrogen-bond acceptors (Lipinski definition) is 2. The number of aliphatic imine (C=N–C) groups is 1. The van der Waals surface area contributed by atoms with Crippen molar-refractivity contribution in [2.24, 2.45) is 4.99 Å². The van der Waals surface area contributed by atoms with Gasteiger partial charge in [0.15, 0.2) is 5.96 Å². The number of halogens is 1. The monoisotopic (exact) mass is 382 g/mol. The fraction of sp³-hybridized carbons (Fsp3) is 0.364. The Morgan fingerprint density at radius 3 is 2.54 bits per heavy atom. The number of carbonyl (C=O) groups is 1. The second kappa shape index (κ2) is 9.35. The van der Waals surface area contributed by atoms with E-state index in [0.717, 1.165) is 24.0 Å². The summed E-state index contributed by atoms with van der Waals surface area (Å²) in [5.41, 5.74) is 2.08. The van der Waals surface area contributed by atoms with E-state index in [2.05, 4.69) is 20.9 Å². The zero-order valence-corrected chi connectivity index (χ0v) is 16.2. The van der Waals surface area contributed by atoms with Gasteiger partial charge in [-0.25, -0.2) is 4.39 Å². The minimum absolute atomic E-state index is 0.00905. The zero-order chi connectivity index (χ0) is 19.8. The van der Waals surface area contributed by atoms with Gasteiger partial charge in [0.25, 0.3) is 0 Å². The van der Waals surface area contributed by atoms with Gasteiger partial charge < -0.3 is 16.0 Å². The molecule has 1 fully saturated rings. The Hall–Kier alpha value is -2.89. The average Bonchev–Trinajstić information content (AvgIpc) is 3.51. The molecule has 1 aliphatic carbocycles. The summed E-state index contributed by atoms with van der Waals surface area (Å²) in [6, 6.07) is 16.6. The highest BCUT2D eigenvalue weighted by Crippen LogP contribution is 2.47. The third-order valence-corrected chi connectivity index (χ3v) is 5.09. The summed E-state index contributed by atoms with van der Waals surface area (Å²) in [6.07, 6.45) is 2.42. The van der Waals surface area contributed by atoms with Gasteiger partial charge in [-0.1, -0.05) is 42.5 Å². The number of carbonyl (C=O) groups excluding carboxylic acids is 1. The minimum atomic E-state index is -0.201. The minimum Gasteiger partial charge on any atom is -0.356 e. The molecule has 0 saturated heterocycles. The number of hydrogen-bond donors (Lipinski definition) is 3. The van der Waals surface area contributed by atoms with E-state index in [1.165, 1.54) is 6.07 Å². The van der Waals surface area contributed by atoms with E-state index < -0.39 is 0 Å². The van der Waals surface area contributed by atoms with Crippen LogP contribution in [0.5, 0.6) is 0 Å². The molecule has 1 aliphatic rings. The molecule has 0 unspecified atom stereocenters. The van der Waals surface area contributed by atoms with Crippen molar-refractivity contribution in [1.82, 2.24) is 16.0 Å². The van der Waals surface area contributed by atoms with Crippen LogP contribution >= 0.6 is 0 Å². The van der Waals surface area contributed by atoms with Crippen LogP contribution in [0.15, 0.2) is 59.6 Å². The lowest BCUT2D eigenvalue weighted by Gasteiger charge is -2.19. The van der Waals surface area contributed by atoms with E-state index in [0.29, 0.717) is 32.0 Å². The Bertz CT molecular complexity index is 818. The SMILES string of the molecule is CN=C(NCCC(=O)NCc1ccccc1)NCC1(c2cccc(F)c2)CC1. The highest BCUT2D eigenvalue weighted by atomic mass is 19.1. The second-order valence-electron chi connectivity index (χ2n) is 7.16. The Morgan fingerprint density at radius 2 is 1.86 bits per heavy atom. The molecule has 1 amide bonds. The van der Waals surface area contributed by atoms with Gasteiger partial charge in [-0.3, -0.25) is 9.79 Å². The molecule has 0 radical (unpaired) electrons. The molecule has 1 saturated carbocycles. The summed E-state index contributed by atoms with van der Waals surface area (Å²) in [4.78, 5) is 16.2. The number of guanidine groups is 1. The van der Waals surface area contributed by atoms with Gasteiger partial charge in [-0.2, -0.15) is 0 Å². The van der Waals surface area contributed by atoms with Crippen molar-refractivity contribution < 1.29 is 9.18 Å². The lowest BCUT2D eigenvalue weighted by molar-refractivity contribution is -0.121. The van der Waals surface area contributed by atoms with E-state index in [1.807, 2.05) is 36.4 Å². The Labute approximate surface area is 165 Å². The first kappa shape index (κ1) is 19.9. The molecule has 0 atom stereocenters. The normalized spacial score (nSPS) is 15.0. The quantitative estimate of drug-likeness (QED) is 0.486. The summed E-state index contributed by atoms with van der Waals surface area (Å²) in [6.45, 7) is 1.71. The maximum atomic E-state index is 13.5. The molecule has 2 aromatic rings. The topological polar surface area (TPSA) is 65.5 Å². The summed E-state index contributed by atoms with van der Waals surface area (Å²) >= 11 is 0. The van der Waals surface area contributed by atoms with Crippen molar-refractivity contribution in [2.75, 3.05) is 20.1 Å². The lowest BCUT2D eigenvalue weighted by Crippen LogP contribution is -2.42. The van der Waals surface area contributed by atoms with Crippen LogP contribution < -0.4 is 16.0 Å². The molecule has 6 heteroatoms. The number of nitrogens with zero attached hydrogens (tertiary/aromatic N) is 1. The lowest BCUT2D eigenvalue weighted by atomic mass is 9.96. The third-order valence-electron chi connectivity index (χ3n) is 5.09. The van der Waals surface area contributed by atoms with Crippen molar-refractivity contribution >= 4 is 11.9 Å². The van der Waals surface area contributed by atoms with Crippen LogP contribution in [-0.2, 0) is 16.8 Å². The van der Waals surface area contributed by atoms with Gasteiger partial charge in [0.2, 0.25) is 5.91 Å². The second-order valence-corrected chi connectivity index (χ2v) is 7.16. The molecule has 0 bridgehead atoms. The maximum Gasteiger partial charge on any atom is 0.222 e. The number of benzene rings is 2. The summed E-state index contributed by atoms with van der Waals surface area (Å²) < 4.78 is 13.5. The van der Waals surface area contributed by atoms with Crippen molar-refractivity contribution in [2.45, 2.75) is 31.2 Å². The van der Waals surface area contributed by atoms with Gasteiger partial charge >= 0.3 is 0 Å². The smallest absolute Gasteiger partial charge is 0.222 e. The average molecular weight is 382 g/mol. The number of amides is 1. The molecule has 0 spiro atoms. The molecule has 0 aromatic heterocycles. The molecular weight excluding hydrogens is 355 g/mol. The highest BCUT2D eigenvalue weighted by molar-refractivity contribution is 5.81. The fourth-order valence-electron chi connectivity index (χ4n) is 3.19. The first-order valence-corrected chi connectivity index (χ1v) is 9.62. The van der Waals surface area contributed by atoms with Crippen molar-refractivity contribution in [3.63, 3.8) is 0 Å². The molecular formula is C22H27FN4O. The largest absolute Gasteiger partial charge is 0.356 e. The van der Waals surface area contributed by atoms with Gasteiger partial charge in [-0.05, 0) is 36.1 Å². The third kappa shape index (κ3) is 5.55. The molecule has 28 heavy (non-hydrogen) atoms. The number of rotatable bonds is 8. The number of nitrogens with one attached hydrogen (secondary N) is 3. The van der Waals surface area contributed by atoms with Gasteiger partial charge in [0, 0.05) is 38.5 Å². The molecule has 3 rings (SSSR count). The Balaban J connectivity index is 1.38. The molecule has 3 N–H and O–H groups in total. The van der Waals surface area contributed by atoms with Crippen molar-refractivity contribution in [3.8, 4) is 0 Å². The van der Waals surface area contributed by atoms with Crippen LogP contribution in [0.1, 0.15) is 30.4 Å². The van der Waals surface area contributed by atoms with Crippen LogP contribution in [0.3, 0.4) is 0 Å². The van der Waals surface area contributed by atoms with Crippen molar-refractivity contribution in [1.29, 1.82) is 0 Å². The van der Waals surface area contributed by atoms with E-state index in [-0.39, 0.29) is 17.1 Å². The molecule has 0 aliphatic heterocycles. The fourth-order valence-corrected chi connectivity index (χ4v) is 3.19. The molecule has 0 heterocycles. The van der Waals surface area contributed by atoms with E-state index in [4.69, 9.17) is 0 Å². The van der Waals surface area contributed by atoms with E-state index in [9.17, 15) is 9.18 Å². The van der Waals surface area contributed by atoms with Gasteiger partial charge in [0.1, 0.15) is 5.82 Å². The predicted octanol–water partition coefficient (Wildman–Crippen LogP) is 2.73.